The van der Waals surface area contributed by atoms with E-state index in [9.17, 15) is 19.2 Å². The third-order valence-corrected chi connectivity index (χ3v) is 7.87. The number of halogens is 1. The monoisotopic (exact) mass is 547 g/mol. The summed E-state index contributed by atoms with van der Waals surface area (Å²) in [5, 5.41) is 2.93. The molecule has 1 aromatic heterocycles. The number of amides is 3. The first kappa shape index (κ1) is 24.4. The zero-order chi connectivity index (χ0) is 24.4. The number of benzene rings is 1. The topological polar surface area (TPSA) is 96.0 Å². The van der Waals surface area contributed by atoms with Gasteiger partial charge in [-0.2, -0.15) is 0 Å². The van der Waals surface area contributed by atoms with Crippen LogP contribution >= 0.6 is 27.3 Å². The van der Waals surface area contributed by atoms with E-state index in [1.807, 2.05) is 19.1 Å². The van der Waals surface area contributed by atoms with Crippen LogP contribution in [-0.2, 0) is 14.3 Å². The van der Waals surface area contributed by atoms with E-state index in [0.717, 1.165) is 22.2 Å². The maximum Gasteiger partial charge on any atom is 0.328 e. The molecule has 2 unspecified atom stereocenters. The number of likely N-dealkylation sites (tertiary alicyclic amines) is 1. The van der Waals surface area contributed by atoms with Crippen molar-refractivity contribution in [2.45, 2.75) is 44.7 Å². The highest BCUT2D eigenvalue weighted by atomic mass is 79.9. The first-order valence-corrected chi connectivity index (χ1v) is 12.8. The fraction of sp³-hybridized carbons (Fsp3) is 0.417. The van der Waals surface area contributed by atoms with Crippen LogP contribution in [-0.4, -0.2) is 60.9 Å². The molecule has 8 nitrogen and oxygen atoms in total. The Hall–Kier alpha value is -2.72. The molecule has 34 heavy (non-hydrogen) atoms. The quantitative estimate of drug-likeness (QED) is 0.577. The molecule has 0 aliphatic carbocycles. The van der Waals surface area contributed by atoms with Gasteiger partial charge in [0.25, 0.3) is 11.8 Å². The number of carbonyl (C=O) groups is 4. The number of methoxy groups -OCH3 is 1. The molecule has 1 N–H and O–H groups in total. The van der Waals surface area contributed by atoms with Crippen molar-refractivity contribution < 1.29 is 23.9 Å². The van der Waals surface area contributed by atoms with Crippen LogP contribution in [0.25, 0.3) is 0 Å². The Kier molecular flexibility index (Phi) is 7.37. The van der Waals surface area contributed by atoms with Gasteiger partial charge in [0.1, 0.15) is 6.04 Å². The van der Waals surface area contributed by atoms with E-state index in [2.05, 4.69) is 21.2 Å². The first-order valence-electron chi connectivity index (χ1n) is 11.1. The van der Waals surface area contributed by atoms with Crippen molar-refractivity contribution in [2.75, 3.05) is 25.1 Å². The van der Waals surface area contributed by atoms with Gasteiger partial charge in [-0.1, -0.05) is 0 Å². The molecule has 2 fully saturated rings. The maximum atomic E-state index is 13.2. The second kappa shape index (κ2) is 10.3. The molecule has 3 amide bonds. The van der Waals surface area contributed by atoms with Crippen molar-refractivity contribution in [3.8, 4) is 0 Å². The van der Waals surface area contributed by atoms with Gasteiger partial charge >= 0.3 is 5.97 Å². The second-order valence-electron chi connectivity index (χ2n) is 8.52. The summed E-state index contributed by atoms with van der Waals surface area (Å²) in [6.07, 6.45) is 2.52. The summed E-state index contributed by atoms with van der Waals surface area (Å²) in [4.78, 5) is 54.4. The van der Waals surface area contributed by atoms with E-state index in [-0.39, 0.29) is 30.2 Å². The predicted molar refractivity (Wildman–Crippen MR) is 132 cm³/mol. The maximum absolute atomic E-state index is 13.2. The Balaban J connectivity index is 1.46. The standard InChI is InChI=1S/C24H26BrN3O5S/c1-14-11-16(6-7-17(14)23(31)27-10-4-3-5-18(27)24(32)33-2)28-13-15(12-21(28)29)26-22(30)19-8-9-20(25)34-19/h6-9,11,15,18H,3-5,10,12-13H2,1-2H3,(H,26,30). The molecule has 1 aromatic carbocycles. The van der Waals surface area contributed by atoms with E-state index >= 15 is 0 Å². The lowest BCUT2D eigenvalue weighted by molar-refractivity contribution is -0.147. The summed E-state index contributed by atoms with van der Waals surface area (Å²) in [5.74, 6) is -0.890. The van der Waals surface area contributed by atoms with Crippen molar-refractivity contribution in [1.29, 1.82) is 0 Å². The number of hydrogen-bond acceptors (Lipinski definition) is 6. The highest BCUT2D eigenvalue weighted by Gasteiger charge is 2.35. The van der Waals surface area contributed by atoms with Gasteiger partial charge in [0, 0.05) is 30.8 Å². The van der Waals surface area contributed by atoms with Crippen LogP contribution < -0.4 is 10.2 Å². The van der Waals surface area contributed by atoms with E-state index < -0.39 is 12.0 Å². The second-order valence-corrected chi connectivity index (χ2v) is 11.0. The molecule has 0 bridgehead atoms. The average Bonchev–Trinajstić information content (AvgIpc) is 3.43. The molecule has 0 radical (unpaired) electrons. The van der Waals surface area contributed by atoms with Gasteiger partial charge in [-0.25, -0.2) is 4.79 Å². The molecular formula is C24H26BrN3O5S. The minimum atomic E-state index is -0.571. The van der Waals surface area contributed by atoms with Gasteiger partial charge in [-0.05, 0) is 78.0 Å². The van der Waals surface area contributed by atoms with Gasteiger partial charge in [0.05, 0.1) is 21.8 Å². The van der Waals surface area contributed by atoms with Crippen LogP contribution in [0.1, 0.15) is 51.3 Å². The summed E-state index contributed by atoms with van der Waals surface area (Å²) in [7, 11) is 1.34. The summed E-state index contributed by atoms with van der Waals surface area (Å²) >= 11 is 4.69. The third-order valence-electron chi connectivity index (χ3n) is 6.25. The van der Waals surface area contributed by atoms with Crippen LogP contribution in [0.4, 0.5) is 5.69 Å². The van der Waals surface area contributed by atoms with E-state index in [0.29, 0.717) is 35.6 Å². The number of anilines is 1. The molecule has 2 aromatic rings. The van der Waals surface area contributed by atoms with Crippen molar-refractivity contribution in [3.05, 3.63) is 50.1 Å². The van der Waals surface area contributed by atoms with Gasteiger partial charge in [0.15, 0.2) is 0 Å². The van der Waals surface area contributed by atoms with Crippen LogP contribution in [0.2, 0.25) is 0 Å². The average molecular weight is 548 g/mol. The molecule has 10 heteroatoms. The molecule has 2 atom stereocenters. The molecule has 3 heterocycles. The van der Waals surface area contributed by atoms with Gasteiger partial charge in [0.2, 0.25) is 5.91 Å². The highest BCUT2D eigenvalue weighted by Crippen LogP contribution is 2.28. The van der Waals surface area contributed by atoms with Crippen molar-refractivity contribution in [1.82, 2.24) is 10.2 Å². The Bertz CT molecular complexity index is 1130. The Labute approximate surface area is 210 Å². The molecular weight excluding hydrogens is 522 g/mol. The highest BCUT2D eigenvalue weighted by molar-refractivity contribution is 9.11. The molecule has 0 saturated carbocycles. The van der Waals surface area contributed by atoms with Crippen molar-refractivity contribution >= 4 is 56.6 Å². The number of rotatable bonds is 5. The summed E-state index contributed by atoms with van der Waals surface area (Å²) in [6, 6.07) is 7.95. The third kappa shape index (κ3) is 5.02. The Morgan fingerprint density at radius 2 is 1.97 bits per heavy atom. The van der Waals surface area contributed by atoms with Crippen LogP contribution in [0, 0.1) is 6.92 Å². The van der Waals surface area contributed by atoms with Crippen molar-refractivity contribution in [3.63, 3.8) is 0 Å². The van der Waals surface area contributed by atoms with Crippen molar-refractivity contribution in [2.24, 2.45) is 0 Å². The molecule has 2 aliphatic rings. The lowest BCUT2D eigenvalue weighted by Gasteiger charge is -2.34. The summed E-state index contributed by atoms with van der Waals surface area (Å²) < 4.78 is 5.76. The summed E-state index contributed by atoms with van der Waals surface area (Å²) in [5.41, 5.74) is 1.90. The minimum absolute atomic E-state index is 0.0853. The van der Waals surface area contributed by atoms with Crippen LogP contribution in [0.5, 0.6) is 0 Å². The smallest absolute Gasteiger partial charge is 0.328 e. The Morgan fingerprint density at radius 3 is 2.65 bits per heavy atom. The lowest BCUT2D eigenvalue weighted by Crippen LogP contribution is -2.48. The minimum Gasteiger partial charge on any atom is -0.467 e. The number of aryl methyl sites for hydroxylation is 1. The number of hydrogen-bond donors (Lipinski definition) is 1. The van der Waals surface area contributed by atoms with Gasteiger partial charge < -0.3 is 19.9 Å². The number of nitrogens with zero attached hydrogens (tertiary/aromatic N) is 2. The fourth-order valence-corrected chi connectivity index (χ4v) is 5.80. The zero-order valence-corrected chi connectivity index (χ0v) is 21.4. The zero-order valence-electron chi connectivity index (χ0n) is 19.0. The Morgan fingerprint density at radius 1 is 1.18 bits per heavy atom. The predicted octanol–water partition coefficient (Wildman–Crippen LogP) is 3.52. The molecule has 180 valence electrons. The molecule has 4 rings (SSSR count). The van der Waals surface area contributed by atoms with Gasteiger partial charge in [-0.3, -0.25) is 14.4 Å². The molecule has 2 saturated heterocycles. The number of carbonyl (C=O) groups excluding carboxylic acids is 4. The number of esters is 1. The van der Waals surface area contributed by atoms with E-state index in [1.165, 1.54) is 18.4 Å². The number of piperidine rings is 1. The van der Waals surface area contributed by atoms with Crippen LogP contribution in [0.3, 0.4) is 0 Å². The first-order chi connectivity index (χ1) is 16.3. The normalized spacial score (nSPS) is 20.4. The van der Waals surface area contributed by atoms with E-state index in [1.54, 1.807) is 28.0 Å². The molecule has 2 aliphatic heterocycles. The van der Waals surface area contributed by atoms with Gasteiger partial charge in [-0.15, -0.1) is 11.3 Å². The number of nitrogens with one attached hydrogen (secondary N) is 1. The van der Waals surface area contributed by atoms with E-state index in [4.69, 9.17) is 4.74 Å². The largest absolute Gasteiger partial charge is 0.467 e. The fourth-order valence-electron chi connectivity index (χ4n) is 4.51. The summed E-state index contributed by atoms with van der Waals surface area (Å²) in [6.45, 7) is 2.69. The number of thiophene rings is 1. The number of ether oxygens (including phenoxy) is 1. The molecule has 0 spiro atoms. The lowest BCUT2D eigenvalue weighted by atomic mass is 9.99. The van der Waals surface area contributed by atoms with Crippen LogP contribution in [0.15, 0.2) is 34.1 Å². The SMILES string of the molecule is COC(=O)C1CCCCN1C(=O)c1ccc(N2CC(NC(=O)c3ccc(Br)s3)CC2=O)cc1C.